The van der Waals surface area contributed by atoms with Crippen LogP contribution < -0.4 is 0 Å². The lowest BCUT2D eigenvalue weighted by Crippen LogP contribution is -1.82. The van der Waals surface area contributed by atoms with Gasteiger partial charge in [-0.3, -0.25) is 4.99 Å². The molecule has 0 aliphatic heterocycles. The molecule has 2 heterocycles. The second-order valence-corrected chi connectivity index (χ2v) is 8.37. The Morgan fingerprint density at radius 3 is 2.48 bits per heavy atom. The van der Waals surface area contributed by atoms with E-state index in [2.05, 4.69) is 25.9 Å². The molecule has 2 aromatic heterocycles. The lowest BCUT2D eigenvalue weighted by molar-refractivity contribution is 0.575. The van der Waals surface area contributed by atoms with E-state index in [0.29, 0.717) is 11.7 Å². The molecule has 3 aromatic carbocycles. The summed E-state index contributed by atoms with van der Waals surface area (Å²) in [6.07, 6.45) is 1.74. The van der Waals surface area contributed by atoms with Crippen LogP contribution in [0.2, 0.25) is 0 Å². The summed E-state index contributed by atoms with van der Waals surface area (Å²) in [5.41, 5.74) is 6.60. The number of benzene rings is 3. The molecular formula is C26H19BrN2O2. The highest BCUT2D eigenvalue weighted by atomic mass is 79.9. The Kier molecular flexibility index (Phi) is 5.04. The van der Waals surface area contributed by atoms with Crippen molar-refractivity contribution in [2.24, 2.45) is 4.99 Å². The van der Waals surface area contributed by atoms with Gasteiger partial charge in [-0.1, -0.05) is 40.2 Å². The average molecular weight is 471 g/mol. The zero-order valence-electron chi connectivity index (χ0n) is 17.1. The van der Waals surface area contributed by atoms with Crippen LogP contribution in [0.5, 0.6) is 0 Å². The van der Waals surface area contributed by atoms with Crippen LogP contribution in [0, 0.1) is 13.8 Å². The number of hydrogen-bond donors (Lipinski definition) is 0. The predicted molar refractivity (Wildman–Crippen MR) is 128 cm³/mol. The Bertz CT molecular complexity index is 1410. The van der Waals surface area contributed by atoms with Gasteiger partial charge in [0.1, 0.15) is 17.0 Å². The van der Waals surface area contributed by atoms with Crippen LogP contribution >= 0.6 is 15.9 Å². The SMILES string of the molecule is Cc1ccc2nc(-c3ccc(C)c(N=Cc4ccc(-c5ccc(Br)cc5)o4)c3)oc2c1. The fourth-order valence-corrected chi connectivity index (χ4v) is 3.63. The molecule has 5 heteroatoms. The van der Waals surface area contributed by atoms with E-state index in [0.717, 1.165) is 49.3 Å². The van der Waals surface area contributed by atoms with Crippen molar-refractivity contribution < 1.29 is 8.83 Å². The first-order valence-electron chi connectivity index (χ1n) is 9.93. The molecule has 152 valence electrons. The summed E-state index contributed by atoms with van der Waals surface area (Å²) in [6.45, 7) is 4.07. The van der Waals surface area contributed by atoms with Crippen LogP contribution in [-0.4, -0.2) is 11.2 Å². The number of aromatic nitrogens is 1. The Hall–Kier alpha value is -3.44. The predicted octanol–water partition coefficient (Wildman–Crippen LogP) is 7.88. The Morgan fingerprint density at radius 1 is 0.839 bits per heavy atom. The van der Waals surface area contributed by atoms with Crippen LogP contribution in [0.1, 0.15) is 16.9 Å². The molecule has 0 saturated carbocycles. The maximum absolute atomic E-state index is 5.97. The van der Waals surface area contributed by atoms with Gasteiger partial charge in [0.2, 0.25) is 5.89 Å². The number of aliphatic imine (C=N–C) groups is 1. The number of rotatable bonds is 4. The van der Waals surface area contributed by atoms with E-state index >= 15 is 0 Å². The Balaban J connectivity index is 1.43. The molecule has 0 N–H and O–H groups in total. The summed E-state index contributed by atoms with van der Waals surface area (Å²) < 4.78 is 12.9. The van der Waals surface area contributed by atoms with E-state index in [4.69, 9.17) is 8.83 Å². The lowest BCUT2D eigenvalue weighted by Gasteiger charge is -2.02. The van der Waals surface area contributed by atoms with Crippen molar-refractivity contribution in [2.75, 3.05) is 0 Å². The van der Waals surface area contributed by atoms with Crippen molar-refractivity contribution in [3.8, 4) is 22.8 Å². The fourth-order valence-electron chi connectivity index (χ4n) is 3.36. The van der Waals surface area contributed by atoms with Gasteiger partial charge >= 0.3 is 0 Å². The fraction of sp³-hybridized carbons (Fsp3) is 0.0769. The molecule has 5 rings (SSSR count). The molecule has 0 unspecified atom stereocenters. The number of oxazole rings is 1. The standard InChI is InChI=1S/C26H19BrN2O2/c1-16-3-11-22-25(13-16)31-26(29-22)19-5-4-17(2)23(14-19)28-15-21-10-12-24(30-21)18-6-8-20(27)9-7-18/h3-15H,1-2H3. The highest BCUT2D eigenvalue weighted by Gasteiger charge is 2.10. The molecule has 0 saturated heterocycles. The van der Waals surface area contributed by atoms with Crippen LogP contribution in [0.25, 0.3) is 33.9 Å². The minimum absolute atomic E-state index is 0.590. The van der Waals surface area contributed by atoms with Gasteiger partial charge in [0.05, 0.1) is 11.9 Å². The van der Waals surface area contributed by atoms with Crippen LogP contribution in [0.3, 0.4) is 0 Å². The molecule has 5 aromatic rings. The van der Waals surface area contributed by atoms with Gasteiger partial charge in [0.15, 0.2) is 5.58 Å². The smallest absolute Gasteiger partial charge is 0.227 e. The van der Waals surface area contributed by atoms with Crippen molar-refractivity contribution in [3.05, 3.63) is 94.2 Å². The highest BCUT2D eigenvalue weighted by molar-refractivity contribution is 9.10. The van der Waals surface area contributed by atoms with E-state index in [9.17, 15) is 0 Å². The van der Waals surface area contributed by atoms with Crippen LogP contribution in [-0.2, 0) is 0 Å². The van der Waals surface area contributed by atoms with E-state index in [1.807, 2.05) is 86.6 Å². The molecule has 0 aliphatic rings. The van der Waals surface area contributed by atoms with E-state index in [-0.39, 0.29) is 0 Å². The third-order valence-electron chi connectivity index (χ3n) is 5.09. The van der Waals surface area contributed by atoms with Crippen LogP contribution in [0.15, 0.2) is 91.1 Å². The molecule has 0 spiro atoms. The van der Waals surface area contributed by atoms with Gasteiger partial charge in [-0.05, 0) is 73.5 Å². The second-order valence-electron chi connectivity index (χ2n) is 7.46. The summed E-state index contributed by atoms with van der Waals surface area (Å²) >= 11 is 3.45. The van der Waals surface area contributed by atoms with E-state index in [1.165, 1.54) is 0 Å². The molecule has 0 aliphatic carbocycles. The van der Waals surface area contributed by atoms with Crippen molar-refractivity contribution in [1.29, 1.82) is 0 Å². The van der Waals surface area contributed by atoms with Gasteiger partial charge in [0.25, 0.3) is 0 Å². The average Bonchev–Trinajstić information content (AvgIpc) is 3.40. The van der Waals surface area contributed by atoms with E-state index < -0.39 is 0 Å². The quantitative estimate of drug-likeness (QED) is 0.251. The molecule has 4 nitrogen and oxygen atoms in total. The normalized spacial score (nSPS) is 11.6. The number of halogens is 1. The lowest BCUT2D eigenvalue weighted by atomic mass is 10.1. The zero-order chi connectivity index (χ0) is 21.4. The van der Waals surface area contributed by atoms with Crippen molar-refractivity contribution in [3.63, 3.8) is 0 Å². The minimum Gasteiger partial charge on any atom is -0.455 e. The number of furan rings is 1. The van der Waals surface area contributed by atoms with Gasteiger partial charge < -0.3 is 8.83 Å². The Morgan fingerprint density at radius 2 is 1.65 bits per heavy atom. The first-order chi connectivity index (χ1) is 15.0. The summed E-state index contributed by atoms with van der Waals surface area (Å²) in [7, 11) is 0. The molecule has 0 atom stereocenters. The first-order valence-corrected chi connectivity index (χ1v) is 10.7. The number of nitrogens with zero attached hydrogens (tertiary/aromatic N) is 2. The molecular weight excluding hydrogens is 452 g/mol. The monoisotopic (exact) mass is 470 g/mol. The van der Waals surface area contributed by atoms with Gasteiger partial charge in [-0.2, -0.15) is 0 Å². The summed E-state index contributed by atoms with van der Waals surface area (Å²) in [6, 6.07) is 23.9. The van der Waals surface area contributed by atoms with Crippen LogP contribution in [0.4, 0.5) is 5.69 Å². The first kappa shape index (κ1) is 19.5. The molecule has 0 bridgehead atoms. The minimum atomic E-state index is 0.590. The van der Waals surface area contributed by atoms with Crippen molar-refractivity contribution >= 4 is 38.9 Å². The number of hydrogen-bond acceptors (Lipinski definition) is 4. The van der Waals surface area contributed by atoms with Gasteiger partial charge in [0, 0.05) is 15.6 Å². The molecule has 0 radical (unpaired) electrons. The number of fused-ring (bicyclic) bond motifs is 1. The number of aryl methyl sites for hydroxylation is 2. The zero-order valence-corrected chi connectivity index (χ0v) is 18.7. The Labute approximate surface area is 188 Å². The topological polar surface area (TPSA) is 51.5 Å². The second kappa shape index (κ2) is 8.00. The third kappa shape index (κ3) is 4.09. The maximum atomic E-state index is 5.97. The maximum Gasteiger partial charge on any atom is 0.227 e. The molecule has 31 heavy (non-hydrogen) atoms. The van der Waals surface area contributed by atoms with E-state index in [1.54, 1.807) is 6.21 Å². The van der Waals surface area contributed by atoms with Gasteiger partial charge in [-0.15, -0.1) is 0 Å². The summed E-state index contributed by atoms with van der Waals surface area (Å²) in [5, 5.41) is 0. The summed E-state index contributed by atoms with van der Waals surface area (Å²) in [4.78, 5) is 9.27. The largest absolute Gasteiger partial charge is 0.455 e. The van der Waals surface area contributed by atoms with Gasteiger partial charge in [-0.25, -0.2) is 4.98 Å². The molecule has 0 fully saturated rings. The molecule has 0 amide bonds. The summed E-state index contributed by atoms with van der Waals surface area (Å²) in [5.74, 6) is 2.09. The highest BCUT2D eigenvalue weighted by Crippen LogP contribution is 2.30. The third-order valence-corrected chi connectivity index (χ3v) is 5.62. The van der Waals surface area contributed by atoms with Crippen molar-refractivity contribution in [2.45, 2.75) is 13.8 Å². The van der Waals surface area contributed by atoms with Crippen molar-refractivity contribution in [1.82, 2.24) is 4.98 Å².